The monoisotopic (exact) mass is 486 g/mol. The Morgan fingerprint density at radius 3 is 2.44 bits per heavy atom. The van der Waals surface area contributed by atoms with E-state index in [4.69, 9.17) is 5.11 Å². The van der Waals surface area contributed by atoms with E-state index in [-0.39, 0.29) is 22.8 Å². The van der Waals surface area contributed by atoms with Crippen molar-refractivity contribution in [3.63, 3.8) is 0 Å². The van der Waals surface area contributed by atoms with E-state index in [1.807, 2.05) is 0 Å². The molecule has 0 spiro atoms. The van der Waals surface area contributed by atoms with Gasteiger partial charge in [-0.2, -0.15) is 0 Å². The van der Waals surface area contributed by atoms with Gasteiger partial charge < -0.3 is 15.7 Å². The van der Waals surface area contributed by atoms with Gasteiger partial charge in [-0.1, -0.05) is 30.3 Å². The first kappa shape index (κ1) is 23.0. The highest BCUT2D eigenvalue weighted by Crippen LogP contribution is 2.27. The van der Waals surface area contributed by atoms with Crippen LogP contribution in [0.3, 0.4) is 0 Å². The molecule has 34 heavy (non-hydrogen) atoms. The highest BCUT2D eigenvalue weighted by atomic mass is 32.1. The molecule has 2 atom stereocenters. The first-order valence-corrected chi connectivity index (χ1v) is 10.7. The van der Waals surface area contributed by atoms with Gasteiger partial charge in [-0.25, -0.2) is 28.3 Å². The highest BCUT2D eigenvalue weighted by Gasteiger charge is 2.45. The Bertz CT molecular complexity index is 1260. The number of amides is 4. The Kier molecular flexibility index (Phi) is 6.32. The molecule has 9 nitrogen and oxygen atoms in total. The molecule has 12 heteroatoms. The number of carboxylic acid groups (broad SMARTS) is 1. The number of benzene rings is 2. The first-order valence-electron chi connectivity index (χ1n) is 9.86. The lowest BCUT2D eigenvalue weighted by Crippen LogP contribution is -2.49. The van der Waals surface area contributed by atoms with E-state index in [0.717, 1.165) is 23.5 Å². The molecular weight excluding hydrogens is 470 g/mol. The maximum absolute atomic E-state index is 13.7. The minimum Gasteiger partial charge on any atom is -0.476 e. The van der Waals surface area contributed by atoms with Crippen molar-refractivity contribution < 1.29 is 33.1 Å². The predicted octanol–water partition coefficient (Wildman–Crippen LogP) is 2.96. The fourth-order valence-corrected chi connectivity index (χ4v) is 4.20. The summed E-state index contributed by atoms with van der Waals surface area (Å²) in [6, 6.07) is 7.41. The average Bonchev–Trinajstić information content (AvgIpc) is 3.36. The fraction of sp³-hybridized carbons (Fsp3) is 0.136. The van der Waals surface area contributed by atoms with E-state index >= 15 is 0 Å². The van der Waals surface area contributed by atoms with Gasteiger partial charge in [-0.3, -0.25) is 9.59 Å². The summed E-state index contributed by atoms with van der Waals surface area (Å²) >= 11 is 0.863. The van der Waals surface area contributed by atoms with Gasteiger partial charge >= 0.3 is 12.0 Å². The van der Waals surface area contributed by atoms with Crippen LogP contribution in [0.5, 0.6) is 0 Å². The molecule has 4 rings (SSSR count). The minimum atomic E-state index is -1.39. The van der Waals surface area contributed by atoms with Crippen molar-refractivity contribution in [3.05, 3.63) is 82.4 Å². The number of hydrogen-bond acceptors (Lipinski definition) is 6. The number of carboxylic acids is 1. The number of halogens is 2. The summed E-state index contributed by atoms with van der Waals surface area (Å²) < 4.78 is 27.4. The summed E-state index contributed by atoms with van der Waals surface area (Å²) in [5.74, 6) is -4.78. The summed E-state index contributed by atoms with van der Waals surface area (Å²) in [5.41, 5.74) is 0.250. The van der Waals surface area contributed by atoms with Crippen LogP contribution in [0.25, 0.3) is 0 Å². The summed E-state index contributed by atoms with van der Waals surface area (Å²) in [6.45, 7) is 0. The van der Waals surface area contributed by atoms with Crippen LogP contribution in [0.4, 0.5) is 18.7 Å². The van der Waals surface area contributed by atoms with E-state index < -0.39 is 47.5 Å². The second-order valence-corrected chi connectivity index (χ2v) is 8.19. The van der Waals surface area contributed by atoms with Gasteiger partial charge in [-0.15, -0.1) is 11.3 Å². The van der Waals surface area contributed by atoms with Crippen molar-refractivity contribution in [3.8, 4) is 0 Å². The van der Waals surface area contributed by atoms with Gasteiger partial charge in [0.1, 0.15) is 23.7 Å². The third-order valence-corrected chi connectivity index (χ3v) is 5.79. The molecule has 1 saturated heterocycles. The van der Waals surface area contributed by atoms with Crippen molar-refractivity contribution in [2.45, 2.75) is 18.5 Å². The number of carbonyl (C=O) groups is 4. The average molecular weight is 486 g/mol. The molecule has 174 valence electrons. The molecule has 1 aromatic heterocycles. The smallest absolute Gasteiger partial charge is 0.355 e. The molecule has 0 bridgehead atoms. The quantitative estimate of drug-likeness (QED) is 0.441. The summed E-state index contributed by atoms with van der Waals surface area (Å²) in [7, 11) is 0. The van der Waals surface area contributed by atoms with Crippen LogP contribution in [0, 0.1) is 11.6 Å². The first-order chi connectivity index (χ1) is 16.2. The topological polar surface area (TPSA) is 129 Å². The zero-order chi connectivity index (χ0) is 24.4. The lowest BCUT2D eigenvalue weighted by atomic mass is 10.0. The molecule has 1 aliphatic heterocycles. The zero-order valence-corrected chi connectivity index (χ0v) is 18.0. The molecule has 0 radical (unpaired) electrons. The van der Waals surface area contributed by atoms with Crippen molar-refractivity contribution in [2.75, 3.05) is 5.32 Å². The molecule has 2 heterocycles. The minimum absolute atomic E-state index is 0.0312. The number of anilines is 1. The zero-order valence-electron chi connectivity index (χ0n) is 17.2. The van der Waals surface area contributed by atoms with Gasteiger partial charge in [0.25, 0.3) is 5.91 Å². The van der Waals surface area contributed by atoms with Gasteiger partial charge in [-0.05, 0) is 23.3 Å². The Labute approximate surface area is 195 Å². The van der Waals surface area contributed by atoms with E-state index in [1.54, 1.807) is 30.3 Å². The van der Waals surface area contributed by atoms with Gasteiger partial charge in [0, 0.05) is 17.9 Å². The number of thiazole rings is 1. The second-order valence-electron chi connectivity index (χ2n) is 7.33. The molecule has 4 amide bonds. The van der Waals surface area contributed by atoms with E-state index in [2.05, 4.69) is 15.6 Å². The predicted molar refractivity (Wildman–Crippen MR) is 116 cm³/mol. The van der Waals surface area contributed by atoms with Crippen LogP contribution in [-0.4, -0.2) is 44.8 Å². The lowest BCUT2D eigenvalue weighted by molar-refractivity contribution is -0.134. The molecule has 1 fully saturated rings. The number of aromatic nitrogens is 1. The molecule has 0 aliphatic carbocycles. The molecule has 3 aromatic rings. The lowest BCUT2D eigenvalue weighted by Gasteiger charge is -2.24. The van der Waals surface area contributed by atoms with Crippen LogP contribution in [-0.2, 0) is 16.0 Å². The number of aromatic carboxylic acids is 1. The number of carbonyl (C=O) groups excluding carboxylic acids is 3. The Balaban J connectivity index is 1.64. The maximum Gasteiger partial charge on any atom is 0.355 e. The molecule has 2 aromatic carbocycles. The maximum atomic E-state index is 13.7. The standard InChI is InChI=1S/C22H16F2N4O5S/c23-13-7-12(8-14(24)9-13)17-19(30)28(22(33)26-17)16(6-11-4-2-1-3-5-11)18(29)27-21-25-15(10-34-21)20(31)32/h1-5,7-10,16-17H,6H2,(H,26,33)(H,31,32)(H,25,27,29)/t16-,17+/m0/s1. The van der Waals surface area contributed by atoms with E-state index in [9.17, 15) is 28.0 Å². The van der Waals surface area contributed by atoms with Crippen molar-refractivity contribution in [1.29, 1.82) is 0 Å². The Morgan fingerprint density at radius 1 is 1.15 bits per heavy atom. The number of hydrogen-bond donors (Lipinski definition) is 3. The highest BCUT2D eigenvalue weighted by molar-refractivity contribution is 7.14. The molecular formula is C22H16F2N4O5S. The summed E-state index contributed by atoms with van der Waals surface area (Å²) in [4.78, 5) is 54.6. The number of nitrogens with zero attached hydrogens (tertiary/aromatic N) is 2. The van der Waals surface area contributed by atoms with E-state index in [1.165, 1.54) is 5.38 Å². The van der Waals surface area contributed by atoms with Crippen LogP contribution in [0.2, 0.25) is 0 Å². The van der Waals surface area contributed by atoms with Gasteiger partial charge in [0.2, 0.25) is 5.91 Å². The summed E-state index contributed by atoms with van der Waals surface area (Å²) in [5, 5.41) is 15.0. The third-order valence-electron chi connectivity index (χ3n) is 5.03. The molecule has 0 saturated carbocycles. The SMILES string of the molecule is O=C(O)c1csc(NC(=O)[C@H](Cc2ccccc2)N2C(=O)N[C@H](c3cc(F)cc(F)c3)C2=O)n1. The molecule has 0 unspecified atom stereocenters. The van der Waals surface area contributed by atoms with Gasteiger partial charge in [0.05, 0.1) is 0 Å². The Hall–Kier alpha value is -4.19. The second kappa shape index (κ2) is 9.35. The molecule has 3 N–H and O–H groups in total. The van der Waals surface area contributed by atoms with E-state index in [0.29, 0.717) is 16.5 Å². The largest absolute Gasteiger partial charge is 0.476 e. The summed E-state index contributed by atoms with van der Waals surface area (Å²) in [6.07, 6.45) is -0.0623. The Morgan fingerprint density at radius 2 is 1.82 bits per heavy atom. The van der Waals surface area contributed by atoms with Crippen LogP contribution in [0.1, 0.15) is 27.7 Å². The van der Waals surface area contributed by atoms with Crippen molar-refractivity contribution >= 4 is 40.3 Å². The van der Waals surface area contributed by atoms with Crippen LogP contribution in [0.15, 0.2) is 53.9 Å². The number of nitrogens with one attached hydrogen (secondary N) is 2. The van der Waals surface area contributed by atoms with Crippen molar-refractivity contribution in [1.82, 2.24) is 15.2 Å². The van der Waals surface area contributed by atoms with Crippen LogP contribution < -0.4 is 10.6 Å². The number of urea groups is 1. The number of imide groups is 1. The normalized spacial score (nSPS) is 16.3. The fourth-order valence-electron chi connectivity index (χ4n) is 3.51. The number of rotatable bonds is 7. The van der Waals surface area contributed by atoms with Crippen molar-refractivity contribution in [2.24, 2.45) is 0 Å². The van der Waals surface area contributed by atoms with Crippen LogP contribution >= 0.6 is 11.3 Å². The molecule has 1 aliphatic rings. The van der Waals surface area contributed by atoms with Gasteiger partial charge in [0.15, 0.2) is 10.8 Å². The third kappa shape index (κ3) is 4.76.